The minimum Gasteiger partial charge on any atom is -0.338 e. The number of likely N-dealkylation sites (tertiary alicyclic amines) is 1. The summed E-state index contributed by atoms with van der Waals surface area (Å²) in [4.78, 5) is 27.5. The lowest BCUT2D eigenvalue weighted by atomic mass is 10.1. The van der Waals surface area contributed by atoms with Crippen molar-refractivity contribution in [1.82, 2.24) is 15.1 Å². The van der Waals surface area contributed by atoms with Crippen LogP contribution in [-0.4, -0.2) is 40.5 Å². The van der Waals surface area contributed by atoms with Crippen LogP contribution >= 0.6 is 11.3 Å². The van der Waals surface area contributed by atoms with Crippen molar-refractivity contribution < 1.29 is 9.59 Å². The van der Waals surface area contributed by atoms with Crippen LogP contribution in [0, 0.1) is 6.92 Å². The molecule has 0 bridgehead atoms. The molecule has 2 heterocycles. The first kappa shape index (κ1) is 15.6. The third-order valence-electron chi connectivity index (χ3n) is 3.85. The zero-order chi connectivity index (χ0) is 16.4. The molecule has 2 aromatic rings. The van der Waals surface area contributed by atoms with Crippen LogP contribution in [0.5, 0.6) is 0 Å². The highest BCUT2D eigenvalue weighted by molar-refractivity contribution is 7.15. The van der Waals surface area contributed by atoms with Gasteiger partial charge in [-0.05, 0) is 31.0 Å². The summed E-state index contributed by atoms with van der Waals surface area (Å²) in [5.41, 5.74) is 1.63. The number of aryl methyl sites for hydroxylation is 1. The molecule has 0 aliphatic carbocycles. The number of nitrogens with zero attached hydrogens (tertiary/aromatic N) is 4. The Bertz CT molecular complexity index is 726. The third kappa shape index (κ3) is 3.39. The minimum absolute atomic E-state index is 0.120. The zero-order valence-corrected chi connectivity index (χ0v) is 14.0. The summed E-state index contributed by atoms with van der Waals surface area (Å²) in [5.74, 6) is 0.0847. The third-order valence-corrected chi connectivity index (χ3v) is 4.77. The zero-order valence-electron chi connectivity index (χ0n) is 13.2. The molecule has 0 saturated carbocycles. The first-order valence-electron chi connectivity index (χ1n) is 7.49. The van der Waals surface area contributed by atoms with Crippen LogP contribution in [0.1, 0.15) is 33.8 Å². The van der Waals surface area contributed by atoms with Crippen LogP contribution in [0.4, 0.5) is 5.13 Å². The Morgan fingerprint density at radius 3 is 2.61 bits per heavy atom. The second-order valence-electron chi connectivity index (χ2n) is 5.58. The van der Waals surface area contributed by atoms with Crippen LogP contribution in [0.15, 0.2) is 24.3 Å². The molecule has 0 atom stereocenters. The van der Waals surface area contributed by atoms with Crippen molar-refractivity contribution in [3.05, 3.63) is 40.4 Å². The molecule has 0 unspecified atom stereocenters. The molecule has 120 valence electrons. The number of rotatable bonds is 4. The molecule has 1 aromatic heterocycles. The highest BCUT2D eigenvalue weighted by Crippen LogP contribution is 2.20. The van der Waals surface area contributed by atoms with Crippen LogP contribution in [0.25, 0.3) is 0 Å². The van der Waals surface area contributed by atoms with E-state index in [1.165, 1.54) is 16.2 Å². The maximum Gasteiger partial charge on any atom is 0.259 e. The largest absolute Gasteiger partial charge is 0.338 e. The number of benzene rings is 1. The van der Waals surface area contributed by atoms with Crippen molar-refractivity contribution in [2.45, 2.75) is 26.3 Å². The van der Waals surface area contributed by atoms with E-state index in [1.54, 1.807) is 19.2 Å². The Kier molecular flexibility index (Phi) is 4.38. The Morgan fingerprint density at radius 1 is 1.30 bits per heavy atom. The van der Waals surface area contributed by atoms with Gasteiger partial charge in [0, 0.05) is 32.1 Å². The van der Waals surface area contributed by atoms with Crippen molar-refractivity contribution in [2.24, 2.45) is 0 Å². The van der Waals surface area contributed by atoms with E-state index in [0.717, 1.165) is 23.5 Å². The van der Waals surface area contributed by atoms with Gasteiger partial charge in [0.05, 0.1) is 0 Å². The lowest BCUT2D eigenvalue weighted by molar-refractivity contribution is -0.128. The quantitative estimate of drug-likeness (QED) is 0.862. The van der Waals surface area contributed by atoms with Gasteiger partial charge in [-0.15, -0.1) is 10.2 Å². The molecule has 0 radical (unpaired) electrons. The van der Waals surface area contributed by atoms with Crippen molar-refractivity contribution in [2.75, 3.05) is 18.5 Å². The molecule has 3 rings (SSSR count). The second-order valence-corrected chi connectivity index (χ2v) is 6.74. The first-order chi connectivity index (χ1) is 11.0. The lowest BCUT2D eigenvalue weighted by Crippen LogP contribution is -2.26. The number of aromatic nitrogens is 2. The SMILES string of the molecule is Cc1nnc(N(C)C(=O)c2ccc(CN3CCCC3=O)cc2)s1. The van der Waals surface area contributed by atoms with Crippen molar-refractivity contribution in [3.63, 3.8) is 0 Å². The molecule has 23 heavy (non-hydrogen) atoms. The first-order valence-corrected chi connectivity index (χ1v) is 8.31. The fraction of sp³-hybridized carbons (Fsp3) is 0.375. The van der Waals surface area contributed by atoms with Crippen LogP contribution in [-0.2, 0) is 11.3 Å². The number of hydrogen-bond donors (Lipinski definition) is 0. The van der Waals surface area contributed by atoms with E-state index >= 15 is 0 Å². The molecule has 1 fully saturated rings. The number of carbonyl (C=O) groups excluding carboxylic acids is 2. The molecule has 6 nitrogen and oxygen atoms in total. The molecule has 7 heteroatoms. The van der Waals surface area contributed by atoms with E-state index in [9.17, 15) is 9.59 Å². The number of amides is 2. The van der Waals surface area contributed by atoms with Gasteiger partial charge < -0.3 is 4.90 Å². The molecule has 1 aromatic carbocycles. The van der Waals surface area contributed by atoms with Crippen LogP contribution in [0.3, 0.4) is 0 Å². The molecule has 1 saturated heterocycles. The highest BCUT2D eigenvalue weighted by Gasteiger charge is 2.20. The molecule has 2 amide bonds. The van der Waals surface area contributed by atoms with Crippen LogP contribution < -0.4 is 4.90 Å². The molecule has 0 spiro atoms. The van der Waals surface area contributed by atoms with Gasteiger partial charge in [0.2, 0.25) is 11.0 Å². The van der Waals surface area contributed by atoms with Gasteiger partial charge in [0.15, 0.2) is 0 Å². The second kappa shape index (κ2) is 6.45. The topological polar surface area (TPSA) is 66.4 Å². The van der Waals surface area contributed by atoms with Gasteiger partial charge in [0.25, 0.3) is 5.91 Å². The Hall–Kier alpha value is -2.28. The summed E-state index contributed by atoms with van der Waals surface area (Å²) < 4.78 is 0. The fourth-order valence-corrected chi connectivity index (χ4v) is 3.19. The maximum atomic E-state index is 12.5. The van der Waals surface area contributed by atoms with Gasteiger partial charge in [-0.25, -0.2) is 0 Å². The molecule has 1 aliphatic heterocycles. The van der Waals surface area contributed by atoms with Gasteiger partial charge in [-0.2, -0.15) is 0 Å². The molecular formula is C16H18N4O2S. The predicted octanol–water partition coefficient (Wildman–Crippen LogP) is 2.25. The van der Waals surface area contributed by atoms with Crippen molar-refractivity contribution in [1.29, 1.82) is 0 Å². The smallest absolute Gasteiger partial charge is 0.259 e. The summed E-state index contributed by atoms with van der Waals surface area (Å²) >= 11 is 1.38. The number of anilines is 1. The van der Waals surface area contributed by atoms with Crippen molar-refractivity contribution in [3.8, 4) is 0 Å². The van der Waals surface area contributed by atoms with E-state index in [-0.39, 0.29) is 11.8 Å². The van der Waals surface area contributed by atoms with E-state index < -0.39 is 0 Å². The van der Waals surface area contributed by atoms with E-state index in [2.05, 4.69) is 10.2 Å². The van der Waals surface area contributed by atoms with E-state index in [4.69, 9.17) is 0 Å². The lowest BCUT2D eigenvalue weighted by Gasteiger charge is -2.16. The summed E-state index contributed by atoms with van der Waals surface area (Å²) in [5, 5.41) is 9.32. The fourth-order valence-electron chi connectivity index (χ4n) is 2.55. The number of hydrogen-bond acceptors (Lipinski definition) is 5. The maximum absolute atomic E-state index is 12.5. The summed E-state index contributed by atoms with van der Waals surface area (Å²) in [7, 11) is 1.69. The van der Waals surface area contributed by atoms with Gasteiger partial charge in [0.1, 0.15) is 5.01 Å². The van der Waals surface area contributed by atoms with E-state index in [0.29, 0.717) is 23.7 Å². The standard InChI is InChI=1S/C16H18N4O2S/c1-11-17-18-16(23-11)19(2)15(22)13-7-5-12(6-8-13)10-20-9-3-4-14(20)21/h5-8H,3-4,9-10H2,1-2H3. The molecule has 1 aliphatic rings. The summed E-state index contributed by atoms with van der Waals surface area (Å²) in [6.07, 6.45) is 1.57. The average Bonchev–Trinajstić information content (AvgIpc) is 3.16. The van der Waals surface area contributed by atoms with Gasteiger partial charge in [-0.3, -0.25) is 14.5 Å². The normalized spacial score (nSPS) is 14.3. The molecular weight excluding hydrogens is 312 g/mol. The van der Waals surface area contributed by atoms with Gasteiger partial charge in [-0.1, -0.05) is 23.5 Å². The Balaban J connectivity index is 1.68. The monoisotopic (exact) mass is 330 g/mol. The van der Waals surface area contributed by atoms with Crippen molar-refractivity contribution >= 4 is 28.3 Å². The summed E-state index contributed by atoms with van der Waals surface area (Å²) in [6, 6.07) is 7.39. The van der Waals surface area contributed by atoms with Gasteiger partial charge >= 0.3 is 0 Å². The summed E-state index contributed by atoms with van der Waals surface area (Å²) in [6.45, 7) is 3.28. The Labute approximate surface area is 138 Å². The minimum atomic E-state index is -0.120. The Morgan fingerprint density at radius 2 is 2.04 bits per heavy atom. The average molecular weight is 330 g/mol. The predicted molar refractivity (Wildman–Crippen MR) is 88.5 cm³/mol. The highest BCUT2D eigenvalue weighted by atomic mass is 32.1. The van der Waals surface area contributed by atoms with Crippen LogP contribution in [0.2, 0.25) is 0 Å². The molecule has 0 N–H and O–H groups in total. The van der Waals surface area contributed by atoms with E-state index in [1.807, 2.05) is 24.0 Å². The number of carbonyl (C=O) groups is 2.